The second kappa shape index (κ2) is 4.72. The van der Waals surface area contributed by atoms with E-state index in [0.29, 0.717) is 19.5 Å². The summed E-state index contributed by atoms with van der Waals surface area (Å²) in [6.07, 6.45) is 5.12. The molecule has 0 aromatic heterocycles. The van der Waals surface area contributed by atoms with Gasteiger partial charge in [0.2, 0.25) is 5.91 Å². The summed E-state index contributed by atoms with van der Waals surface area (Å²) in [4.78, 5) is 13.4. The van der Waals surface area contributed by atoms with Gasteiger partial charge in [0.15, 0.2) is 0 Å². The van der Waals surface area contributed by atoms with Crippen LogP contribution in [0.2, 0.25) is 0 Å². The van der Waals surface area contributed by atoms with Crippen LogP contribution in [-0.4, -0.2) is 47.3 Å². The molecule has 2 saturated heterocycles. The molecule has 92 valence electrons. The highest BCUT2D eigenvalue weighted by molar-refractivity contribution is 5.77. The Morgan fingerprint density at radius 2 is 2.25 bits per heavy atom. The van der Waals surface area contributed by atoms with E-state index in [1.807, 2.05) is 0 Å². The van der Waals surface area contributed by atoms with Gasteiger partial charge in [-0.2, -0.15) is 0 Å². The number of aliphatic hydroxyl groups is 1. The predicted octanol–water partition coefficient (Wildman–Crippen LogP) is 0.929. The summed E-state index contributed by atoms with van der Waals surface area (Å²) in [6, 6.07) is 0. The maximum absolute atomic E-state index is 11.7. The predicted molar refractivity (Wildman–Crippen MR) is 60.0 cm³/mol. The average Bonchev–Trinajstić information content (AvgIpc) is 2.24. The van der Waals surface area contributed by atoms with Crippen molar-refractivity contribution in [3.05, 3.63) is 0 Å². The van der Waals surface area contributed by atoms with Crippen LogP contribution < -0.4 is 0 Å². The van der Waals surface area contributed by atoms with E-state index in [4.69, 9.17) is 4.74 Å². The lowest BCUT2D eigenvalue weighted by Gasteiger charge is -2.44. The summed E-state index contributed by atoms with van der Waals surface area (Å²) >= 11 is 0. The molecule has 0 saturated carbocycles. The second-order valence-corrected chi connectivity index (χ2v) is 5.27. The summed E-state index contributed by atoms with van der Waals surface area (Å²) in [5.74, 6) is 0.153. The first-order chi connectivity index (χ1) is 7.57. The molecule has 1 unspecified atom stereocenters. The quantitative estimate of drug-likeness (QED) is 0.780. The van der Waals surface area contributed by atoms with Crippen LogP contribution in [0.4, 0.5) is 0 Å². The average molecular weight is 227 g/mol. The standard InChI is InChI=1S/C12H21NO3/c1-12(15)8-13(9-12)11(14)6-5-10-4-2-3-7-16-10/h10,15H,2-9H2,1H3. The molecule has 2 rings (SSSR count). The number of likely N-dealkylation sites (tertiary alicyclic amines) is 1. The van der Waals surface area contributed by atoms with Gasteiger partial charge in [-0.3, -0.25) is 4.79 Å². The van der Waals surface area contributed by atoms with Crippen LogP contribution in [0.5, 0.6) is 0 Å². The van der Waals surface area contributed by atoms with Gasteiger partial charge in [-0.05, 0) is 32.6 Å². The summed E-state index contributed by atoms with van der Waals surface area (Å²) in [5, 5.41) is 9.53. The molecule has 0 aromatic rings. The van der Waals surface area contributed by atoms with Crippen molar-refractivity contribution >= 4 is 5.91 Å². The molecule has 2 aliphatic heterocycles. The first kappa shape index (κ1) is 11.9. The smallest absolute Gasteiger partial charge is 0.222 e. The van der Waals surface area contributed by atoms with Crippen molar-refractivity contribution in [3.8, 4) is 0 Å². The Kier molecular flexibility index (Phi) is 3.50. The third kappa shape index (κ3) is 2.95. The Morgan fingerprint density at radius 1 is 1.50 bits per heavy atom. The molecule has 1 atom stereocenters. The third-order valence-electron chi connectivity index (χ3n) is 3.37. The molecule has 0 spiro atoms. The molecule has 1 amide bonds. The van der Waals surface area contributed by atoms with Crippen molar-refractivity contribution in [3.63, 3.8) is 0 Å². The van der Waals surface area contributed by atoms with E-state index in [2.05, 4.69) is 0 Å². The zero-order valence-electron chi connectivity index (χ0n) is 9.95. The monoisotopic (exact) mass is 227 g/mol. The molecular weight excluding hydrogens is 206 g/mol. The lowest BCUT2D eigenvalue weighted by Crippen LogP contribution is -2.61. The van der Waals surface area contributed by atoms with Crippen molar-refractivity contribution in [2.24, 2.45) is 0 Å². The van der Waals surface area contributed by atoms with Crippen molar-refractivity contribution in [2.45, 2.75) is 50.7 Å². The van der Waals surface area contributed by atoms with Crippen molar-refractivity contribution < 1.29 is 14.6 Å². The maximum atomic E-state index is 11.7. The highest BCUT2D eigenvalue weighted by Crippen LogP contribution is 2.22. The molecule has 0 aliphatic carbocycles. The van der Waals surface area contributed by atoms with Gasteiger partial charge in [0.05, 0.1) is 24.8 Å². The van der Waals surface area contributed by atoms with E-state index in [1.54, 1.807) is 11.8 Å². The molecule has 0 aromatic carbocycles. The number of amides is 1. The fourth-order valence-electron chi connectivity index (χ4n) is 2.43. The van der Waals surface area contributed by atoms with Crippen LogP contribution in [0.15, 0.2) is 0 Å². The first-order valence-corrected chi connectivity index (χ1v) is 6.19. The number of rotatable bonds is 3. The lowest BCUT2D eigenvalue weighted by atomic mass is 9.96. The Labute approximate surface area is 96.6 Å². The third-order valence-corrected chi connectivity index (χ3v) is 3.37. The van der Waals surface area contributed by atoms with Crippen molar-refractivity contribution in [1.82, 2.24) is 4.90 Å². The van der Waals surface area contributed by atoms with Gasteiger partial charge >= 0.3 is 0 Å². The number of hydrogen-bond acceptors (Lipinski definition) is 3. The fraction of sp³-hybridized carbons (Fsp3) is 0.917. The van der Waals surface area contributed by atoms with Gasteiger partial charge < -0.3 is 14.7 Å². The van der Waals surface area contributed by atoms with Gasteiger partial charge in [0, 0.05) is 13.0 Å². The topological polar surface area (TPSA) is 49.8 Å². The highest BCUT2D eigenvalue weighted by atomic mass is 16.5. The van der Waals surface area contributed by atoms with E-state index < -0.39 is 5.60 Å². The number of carbonyl (C=O) groups is 1. The zero-order chi connectivity index (χ0) is 11.6. The van der Waals surface area contributed by atoms with Gasteiger partial charge in [0.25, 0.3) is 0 Å². The summed E-state index contributed by atoms with van der Waals surface area (Å²) in [6.45, 7) is 3.58. The molecule has 2 heterocycles. The van der Waals surface area contributed by atoms with Crippen molar-refractivity contribution in [2.75, 3.05) is 19.7 Å². The Bertz CT molecular complexity index is 251. The molecule has 2 aliphatic rings. The van der Waals surface area contributed by atoms with Crippen LogP contribution in [0.25, 0.3) is 0 Å². The van der Waals surface area contributed by atoms with Gasteiger partial charge in [-0.25, -0.2) is 0 Å². The van der Waals surface area contributed by atoms with E-state index >= 15 is 0 Å². The normalized spacial score (nSPS) is 28.6. The summed E-state index contributed by atoms with van der Waals surface area (Å²) in [5.41, 5.74) is -0.656. The van der Waals surface area contributed by atoms with Gasteiger partial charge in [-0.1, -0.05) is 0 Å². The molecular formula is C12H21NO3. The van der Waals surface area contributed by atoms with Crippen molar-refractivity contribution in [1.29, 1.82) is 0 Å². The Hall–Kier alpha value is -0.610. The molecule has 0 bridgehead atoms. The van der Waals surface area contributed by atoms with E-state index in [9.17, 15) is 9.90 Å². The van der Waals surface area contributed by atoms with Crippen LogP contribution in [0.3, 0.4) is 0 Å². The number of hydrogen-bond donors (Lipinski definition) is 1. The minimum absolute atomic E-state index is 0.153. The molecule has 2 fully saturated rings. The molecule has 16 heavy (non-hydrogen) atoms. The fourth-order valence-corrected chi connectivity index (χ4v) is 2.43. The number of nitrogens with zero attached hydrogens (tertiary/aromatic N) is 1. The Balaban J connectivity index is 1.64. The SMILES string of the molecule is CC1(O)CN(C(=O)CCC2CCCCO2)C1. The minimum atomic E-state index is -0.656. The van der Waals surface area contributed by atoms with Crippen LogP contribution >= 0.6 is 0 Å². The molecule has 4 nitrogen and oxygen atoms in total. The molecule has 0 radical (unpaired) electrons. The second-order valence-electron chi connectivity index (χ2n) is 5.27. The maximum Gasteiger partial charge on any atom is 0.222 e. The van der Waals surface area contributed by atoms with E-state index in [0.717, 1.165) is 25.9 Å². The van der Waals surface area contributed by atoms with E-state index in [-0.39, 0.29) is 12.0 Å². The molecule has 4 heteroatoms. The van der Waals surface area contributed by atoms with Crippen LogP contribution in [0, 0.1) is 0 Å². The highest BCUT2D eigenvalue weighted by Gasteiger charge is 2.39. The lowest BCUT2D eigenvalue weighted by molar-refractivity contribution is -0.153. The number of ether oxygens (including phenoxy) is 1. The van der Waals surface area contributed by atoms with E-state index in [1.165, 1.54) is 6.42 Å². The van der Waals surface area contributed by atoms with Gasteiger partial charge in [-0.15, -0.1) is 0 Å². The number of carbonyl (C=O) groups excluding carboxylic acids is 1. The first-order valence-electron chi connectivity index (χ1n) is 6.19. The zero-order valence-corrected chi connectivity index (χ0v) is 9.95. The van der Waals surface area contributed by atoms with Crippen LogP contribution in [-0.2, 0) is 9.53 Å². The largest absolute Gasteiger partial charge is 0.386 e. The summed E-state index contributed by atoms with van der Waals surface area (Å²) in [7, 11) is 0. The summed E-state index contributed by atoms with van der Waals surface area (Å²) < 4.78 is 5.58. The minimum Gasteiger partial charge on any atom is -0.386 e. The Morgan fingerprint density at radius 3 is 2.81 bits per heavy atom. The van der Waals surface area contributed by atoms with Gasteiger partial charge in [0.1, 0.15) is 0 Å². The molecule has 1 N–H and O–H groups in total. The number of β-amino-alcohol motifs (C(OH)–C–C–N with tert-alkyl or cyclic N) is 1. The van der Waals surface area contributed by atoms with Crippen LogP contribution in [0.1, 0.15) is 39.0 Å².